The lowest BCUT2D eigenvalue weighted by molar-refractivity contribution is 0.0599. The molecule has 0 spiro atoms. The third kappa shape index (κ3) is 5.36. The van der Waals surface area contributed by atoms with Gasteiger partial charge in [-0.15, -0.1) is 0 Å². The molecular weight excluding hydrogens is 344 g/mol. The van der Waals surface area contributed by atoms with Gasteiger partial charge in [0.2, 0.25) is 0 Å². The van der Waals surface area contributed by atoms with Gasteiger partial charge in [0.05, 0.1) is 19.3 Å². The van der Waals surface area contributed by atoms with E-state index in [4.69, 9.17) is 9.47 Å². The van der Waals surface area contributed by atoms with E-state index in [1.165, 1.54) is 12.7 Å². The molecule has 2 N–H and O–H groups in total. The molecule has 0 radical (unpaired) electrons. The Bertz CT molecular complexity index is 778. The molecule has 1 aromatic carbocycles. The number of esters is 1. The standard InChI is InChI=1S/C21H28N2O4/c1-5-17-18(21(25)26-4)15(3)19(23-17)20(24)22-12-6-7-13-27-16-10-8-14(2)9-11-16/h8-11,23H,5-7,12-13H2,1-4H3,(H,22,24). The van der Waals surface area contributed by atoms with Crippen LogP contribution in [0.3, 0.4) is 0 Å². The number of methoxy groups -OCH3 is 1. The number of ether oxygens (including phenoxy) is 2. The third-order valence-electron chi connectivity index (χ3n) is 4.44. The molecule has 6 nitrogen and oxygen atoms in total. The first-order chi connectivity index (χ1) is 13.0. The van der Waals surface area contributed by atoms with Crippen LogP contribution in [-0.4, -0.2) is 37.1 Å². The summed E-state index contributed by atoms with van der Waals surface area (Å²) in [6.45, 7) is 6.87. The van der Waals surface area contributed by atoms with Crippen molar-refractivity contribution in [1.29, 1.82) is 0 Å². The number of aromatic nitrogens is 1. The van der Waals surface area contributed by atoms with Crippen molar-refractivity contribution in [2.75, 3.05) is 20.3 Å². The van der Waals surface area contributed by atoms with Crippen molar-refractivity contribution in [2.24, 2.45) is 0 Å². The van der Waals surface area contributed by atoms with Gasteiger partial charge in [0.1, 0.15) is 11.4 Å². The quantitative estimate of drug-likeness (QED) is 0.521. The average molecular weight is 372 g/mol. The van der Waals surface area contributed by atoms with E-state index in [1.807, 2.05) is 38.1 Å². The van der Waals surface area contributed by atoms with Gasteiger partial charge in [-0.25, -0.2) is 4.79 Å². The predicted molar refractivity (Wildman–Crippen MR) is 104 cm³/mol. The first kappa shape index (κ1) is 20.6. The highest BCUT2D eigenvalue weighted by molar-refractivity contribution is 6.00. The van der Waals surface area contributed by atoms with Crippen LogP contribution in [0.15, 0.2) is 24.3 Å². The first-order valence-corrected chi connectivity index (χ1v) is 9.25. The van der Waals surface area contributed by atoms with E-state index in [0.29, 0.717) is 36.4 Å². The summed E-state index contributed by atoms with van der Waals surface area (Å²) in [5.74, 6) is 0.221. The number of aryl methyl sites for hydroxylation is 2. The van der Waals surface area contributed by atoms with Gasteiger partial charge >= 0.3 is 5.97 Å². The summed E-state index contributed by atoms with van der Waals surface area (Å²) in [5, 5.41) is 2.89. The van der Waals surface area contributed by atoms with Crippen LogP contribution < -0.4 is 10.1 Å². The number of hydrogen-bond donors (Lipinski definition) is 2. The van der Waals surface area contributed by atoms with E-state index >= 15 is 0 Å². The third-order valence-corrected chi connectivity index (χ3v) is 4.44. The molecule has 0 aliphatic heterocycles. The van der Waals surface area contributed by atoms with Crippen molar-refractivity contribution in [3.63, 3.8) is 0 Å². The molecule has 0 atom stereocenters. The molecule has 0 fully saturated rings. The summed E-state index contributed by atoms with van der Waals surface area (Å²) in [6.07, 6.45) is 2.27. The molecule has 0 saturated heterocycles. The van der Waals surface area contributed by atoms with E-state index in [9.17, 15) is 9.59 Å². The summed E-state index contributed by atoms with van der Waals surface area (Å²) < 4.78 is 10.5. The van der Waals surface area contributed by atoms with E-state index < -0.39 is 5.97 Å². The molecule has 0 saturated carbocycles. The molecular formula is C21H28N2O4. The molecule has 0 unspecified atom stereocenters. The maximum Gasteiger partial charge on any atom is 0.339 e. The molecule has 27 heavy (non-hydrogen) atoms. The lowest BCUT2D eigenvalue weighted by Gasteiger charge is -2.07. The summed E-state index contributed by atoms with van der Waals surface area (Å²) in [5.41, 5.74) is 3.42. The Morgan fingerprint density at radius 3 is 2.44 bits per heavy atom. The molecule has 2 rings (SSSR count). The van der Waals surface area contributed by atoms with Gasteiger partial charge in [-0.3, -0.25) is 4.79 Å². The van der Waals surface area contributed by atoms with Crippen molar-refractivity contribution in [1.82, 2.24) is 10.3 Å². The van der Waals surface area contributed by atoms with E-state index in [0.717, 1.165) is 24.3 Å². The monoisotopic (exact) mass is 372 g/mol. The van der Waals surface area contributed by atoms with Gasteiger partial charge in [0.25, 0.3) is 5.91 Å². The molecule has 1 aromatic heterocycles. The highest BCUT2D eigenvalue weighted by Gasteiger charge is 2.23. The second-order valence-electron chi connectivity index (χ2n) is 6.45. The fraction of sp³-hybridized carbons (Fsp3) is 0.429. The molecule has 2 aromatic rings. The predicted octanol–water partition coefficient (Wildman–Crippen LogP) is 3.57. The second-order valence-corrected chi connectivity index (χ2v) is 6.45. The highest BCUT2D eigenvalue weighted by atomic mass is 16.5. The fourth-order valence-corrected chi connectivity index (χ4v) is 2.87. The summed E-state index contributed by atoms with van der Waals surface area (Å²) in [6, 6.07) is 7.94. The van der Waals surface area contributed by atoms with Crippen LogP contribution in [0.1, 0.15) is 57.4 Å². The number of amides is 1. The number of carbonyl (C=O) groups excluding carboxylic acids is 2. The largest absolute Gasteiger partial charge is 0.494 e. The van der Waals surface area contributed by atoms with Gasteiger partial charge in [-0.1, -0.05) is 24.6 Å². The minimum atomic E-state index is -0.423. The highest BCUT2D eigenvalue weighted by Crippen LogP contribution is 2.20. The van der Waals surface area contributed by atoms with Crippen molar-refractivity contribution in [3.05, 3.63) is 52.3 Å². The van der Waals surface area contributed by atoms with Crippen molar-refractivity contribution >= 4 is 11.9 Å². The number of rotatable bonds is 9. The number of carbonyl (C=O) groups is 2. The second kappa shape index (κ2) is 9.80. The molecule has 1 heterocycles. The molecule has 0 aliphatic rings. The smallest absolute Gasteiger partial charge is 0.339 e. The number of H-pyrrole nitrogens is 1. The Morgan fingerprint density at radius 2 is 1.81 bits per heavy atom. The fourth-order valence-electron chi connectivity index (χ4n) is 2.87. The Kier molecular flexibility index (Phi) is 7.46. The van der Waals surface area contributed by atoms with Crippen molar-refractivity contribution in [3.8, 4) is 5.75 Å². The number of hydrogen-bond acceptors (Lipinski definition) is 4. The number of aromatic amines is 1. The summed E-state index contributed by atoms with van der Waals surface area (Å²) in [7, 11) is 1.34. The first-order valence-electron chi connectivity index (χ1n) is 9.25. The molecule has 146 valence electrons. The van der Waals surface area contributed by atoms with Gasteiger partial charge in [-0.2, -0.15) is 0 Å². The Morgan fingerprint density at radius 1 is 1.11 bits per heavy atom. The maximum absolute atomic E-state index is 12.4. The van der Waals surface area contributed by atoms with Crippen molar-refractivity contribution in [2.45, 2.75) is 40.0 Å². The molecule has 1 amide bonds. The van der Waals surface area contributed by atoms with Crippen LogP contribution in [0.25, 0.3) is 0 Å². The Hall–Kier alpha value is -2.76. The van der Waals surface area contributed by atoms with E-state index in [2.05, 4.69) is 10.3 Å². The molecule has 0 bridgehead atoms. The lowest BCUT2D eigenvalue weighted by atomic mass is 10.1. The average Bonchev–Trinajstić information content (AvgIpc) is 3.01. The van der Waals surface area contributed by atoms with Crippen LogP contribution in [-0.2, 0) is 11.2 Å². The lowest BCUT2D eigenvalue weighted by Crippen LogP contribution is -2.25. The summed E-state index contributed by atoms with van der Waals surface area (Å²) in [4.78, 5) is 27.4. The topological polar surface area (TPSA) is 80.4 Å². The van der Waals surface area contributed by atoms with Gasteiger partial charge in [0.15, 0.2) is 0 Å². The van der Waals surface area contributed by atoms with Crippen LogP contribution in [0, 0.1) is 13.8 Å². The normalized spacial score (nSPS) is 10.5. The Balaban J connectivity index is 1.79. The zero-order valence-electron chi connectivity index (χ0n) is 16.5. The van der Waals surface area contributed by atoms with E-state index in [-0.39, 0.29) is 5.91 Å². The van der Waals surface area contributed by atoms with Gasteiger partial charge < -0.3 is 19.8 Å². The van der Waals surface area contributed by atoms with Crippen LogP contribution in [0.2, 0.25) is 0 Å². The minimum Gasteiger partial charge on any atom is -0.494 e. The number of benzene rings is 1. The molecule has 6 heteroatoms. The number of nitrogens with one attached hydrogen (secondary N) is 2. The van der Waals surface area contributed by atoms with Crippen LogP contribution >= 0.6 is 0 Å². The molecule has 0 aliphatic carbocycles. The minimum absolute atomic E-state index is 0.211. The Labute approximate surface area is 160 Å². The van der Waals surface area contributed by atoms with E-state index in [1.54, 1.807) is 6.92 Å². The van der Waals surface area contributed by atoms with Crippen molar-refractivity contribution < 1.29 is 19.1 Å². The zero-order chi connectivity index (χ0) is 19.8. The van der Waals surface area contributed by atoms with Gasteiger partial charge in [0, 0.05) is 12.2 Å². The maximum atomic E-state index is 12.4. The van der Waals surface area contributed by atoms with Crippen LogP contribution in [0.5, 0.6) is 5.75 Å². The van der Waals surface area contributed by atoms with Gasteiger partial charge in [-0.05, 0) is 50.8 Å². The summed E-state index contributed by atoms with van der Waals surface area (Å²) >= 11 is 0. The number of unbranched alkanes of at least 4 members (excludes halogenated alkanes) is 1. The van der Waals surface area contributed by atoms with Crippen LogP contribution in [0.4, 0.5) is 0 Å². The SMILES string of the molecule is CCc1[nH]c(C(=O)NCCCCOc2ccc(C)cc2)c(C)c1C(=O)OC. The zero-order valence-corrected chi connectivity index (χ0v) is 16.5.